The van der Waals surface area contributed by atoms with Crippen LogP contribution in [0.1, 0.15) is 79.1 Å². The van der Waals surface area contributed by atoms with Gasteiger partial charge in [-0.1, -0.05) is 32.4 Å². The van der Waals surface area contributed by atoms with Crippen LogP contribution in [0.2, 0.25) is 0 Å². The van der Waals surface area contributed by atoms with Crippen LogP contribution in [-0.2, 0) is 33.3 Å². The average Bonchev–Trinajstić information content (AvgIpc) is 3.32. The molecule has 3 saturated carbocycles. The van der Waals surface area contributed by atoms with Gasteiger partial charge in [-0.2, -0.15) is 0 Å². The Labute approximate surface area is 220 Å². The highest BCUT2D eigenvalue weighted by molar-refractivity contribution is 5.91. The number of hydrogen-bond donors (Lipinski definition) is 0. The molecule has 7 nitrogen and oxygen atoms in total. The Bertz CT molecular complexity index is 996. The number of ether oxygens (including phenoxy) is 4. The van der Waals surface area contributed by atoms with Crippen molar-refractivity contribution in [1.82, 2.24) is 0 Å². The van der Waals surface area contributed by atoms with Gasteiger partial charge in [0.2, 0.25) is 0 Å². The van der Waals surface area contributed by atoms with Crippen molar-refractivity contribution in [3.8, 4) is 0 Å². The predicted molar refractivity (Wildman–Crippen MR) is 134 cm³/mol. The zero-order valence-corrected chi connectivity index (χ0v) is 22.7. The van der Waals surface area contributed by atoms with E-state index in [0.29, 0.717) is 31.3 Å². The molecule has 2 aliphatic heterocycles. The Balaban J connectivity index is 1.33. The topological polar surface area (TPSA) is 88.1 Å². The molecule has 2 heterocycles. The van der Waals surface area contributed by atoms with E-state index in [9.17, 15) is 14.4 Å². The summed E-state index contributed by atoms with van der Waals surface area (Å²) in [7, 11) is 0. The quantitative estimate of drug-likeness (QED) is 0.307. The van der Waals surface area contributed by atoms with Gasteiger partial charge in [0.1, 0.15) is 18.5 Å². The molecule has 0 radical (unpaired) electrons. The molecule has 2 saturated heterocycles. The van der Waals surface area contributed by atoms with E-state index in [1.807, 2.05) is 0 Å². The molecule has 0 unspecified atom stereocenters. The van der Waals surface area contributed by atoms with Crippen LogP contribution in [0.4, 0.5) is 0 Å². The third kappa shape index (κ3) is 3.62. The molecule has 6 aliphatic rings. The summed E-state index contributed by atoms with van der Waals surface area (Å²) in [5.41, 5.74) is 0.375. The number of esters is 1. The number of carbonyl (C=O) groups is 3. The van der Waals surface area contributed by atoms with Crippen LogP contribution in [0.3, 0.4) is 0 Å². The van der Waals surface area contributed by atoms with Crippen molar-refractivity contribution >= 4 is 18.2 Å². The van der Waals surface area contributed by atoms with E-state index < -0.39 is 11.2 Å². The molecule has 5 fully saturated rings. The monoisotopic (exact) mass is 514 g/mol. The van der Waals surface area contributed by atoms with Crippen molar-refractivity contribution in [2.24, 2.45) is 46.3 Å². The van der Waals surface area contributed by atoms with Gasteiger partial charge in [-0.05, 0) is 67.6 Å². The Morgan fingerprint density at radius 1 is 1.19 bits per heavy atom. The third-order valence-corrected chi connectivity index (χ3v) is 11.6. The summed E-state index contributed by atoms with van der Waals surface area (Å²) in [6.45, 7) is 9.48. The fourth-order valence-electron chi connectivity index (χ4n) is 9.73. The molecular formula is C30H42O7. The zero-order valence-electron chi connectivity index (χ0n) is 22.7. The minimum atomic E-state index is -0.819. The van der Waals surface area contributed by atoms with E-state index >= 15 is 0 Å². The first-order valence-corrected chi connectivity index (χ1v) is 14.4. The number of Topliss-reactive ketones (excluding diaryl/α,β-unsaturated/α-hetero) is 1. The average molecular weight is 515 g/mol. The number of ketones is 1. The molecule has 0 N–H and O–H groups in total. The first kappa shape index (κ1) is 25.5. The standard InChI is InChI=1S/C30H42O7/c1-17-7-10-30(35-14-17)18(2)27-25(37-30)12-24-22-6-5-20-11-21(36-19(3)32)8-9-28(20,4)23(22)13-26(33)29(24,27)15-34-16-31/h12,16-18,20-23,25,27H,5-11,13-15H2,1-4H3/t17-,18+,20+,21+,22-,23+,25+,27+,28+,29-,30-/m1/s1. The predicted octanol–water partition coefficient (Wildman–Crippen LogP) is 4.62. The molecule has 0 aromatic heterocycles. The van der Waals surface area contributed by atoms with Gasteiger partial charge in [0, 0.05) is 31.6 Å². The highest BCUT2D eigenvalue weighted by Gasteiger charge is 2.71. The molecule has 7 heteroatoms. The van der Waals surface area contributed by atoms with Gasteiger partial charge in [-0.3, -0.25) is 14.4 Å². The van der Waals surface area contributed by atoms with E-state index in [1.54, 1.807) is 0 Å². The van der Waals surface area contributed by atoms with Crippen molar-refractivity contribution in [3.05, 3.63) is 11.6 Å². The maximum Gasteiger partial charge on any atom is 0.302 e. The van der Waals surface area contributed by atoms with Crippen LogP contribution in [0.25, 0.3) is 0 Å². The van der Waals surface area contributed by atoms with Crippen molar-refractivity contribution < 1.29 is 33.3 Å². The van der Waals surface area contributed by atoms with Gasteiger partial charge < -0.3 is 18.9 Å². The van der Waals surface area contributed by atoms with Crippen LogP contribution in [0.15, 0.2) is 11.6 Å². The number of hydrogen-bond acceptors (Lipinski definition) is 7. The highest BCUT2D eigenvalue weighted by Crippen LogP contribution is 2.68. The lowest BCUT2D eigenvalue weighted by Crippen LogP contribution is -2.58. The van der Waals surface area contributed by atoms with Gasteiger partial charge >= 0.3 is 5.97 Å². The SMILES string of the molecule is CC(=O)O[C@H]1CC[C@@]2(C)[C@@H](CC[C@H]3C4=C[C@@H]5O[C@]6(CC[C@@H](C)CO6)[C@@H](C)[C@@H]5[C@@]4(COC=O)C(=O)C[C@@H]32)C1. The maximum atomic E-state index is 14.4. The van der Waals surface area contributed by atoms with Crippen molar-refractivity contribution in [2.75, 3.05) is 13.2 Å². The lowest BCUT2D eigenvalue weighted by atomic mass is 9.45. The van der Waals surface area contributed by atoms with Gasteiger partial charge in [-0.25, -0.2) is 0 Å². The maximum absolute atomic E-state index is 14.4. The van der Waals surface area contributed by atoms with E-state index in [-0.39, 0.29) is 59.7 Å². The lowest BCUT2D eigenvalue weighted by Gasteiger charge is -2.59. The van der Waals surface area contributed by atoms with Gasteiger partial charge in [0.15, 0.2) is 5.79 Å². The Kier molecular flexibility index (Phi) is 6.15. The van der Waals surface area contributed by atoms with Crippen LogP contribution < -0.4 is 0 Å². The molecule has 11 atom stereocenters. The largest absolute Gasteiger partial charge is 0.466 e. The second-order valence-corrected chi connectivity index (χ2v) is 13.3. The van der Waals surface area contributed by atoms with Gasteiger partial charge in [-0.15, -0.1) is 0 Å². The summed E-state index contributed by atoms with van der Waals surface area (Å²) in [6.07, 6.45) is 9.19. The van der Waals surface area contributed by atoms with Gasteiger partial charge in [0.25, 0.3) is 6.47 Å². The molecule has 0 amide bonds. The van der Waals surface area contributed by atoms with Crippen LogP contribution in [0.5, 0.6) is 0 Å². The molecule has 0 aromatic rings. The molecule has 204 valence electrons. The summed E-state index contributed by atoms with van der Waals surface area (Å²) >= 11 is 0. The Hall–Kier alpha value is -1.73. The lowest BCUT2D eigenvalue weighted by molar-refractivity contribution is -0.265. The first-order chi connectivity index (χ1) is 17.6. The van der Waals surface area contributed by atoms with Gasteiger partial charge in [0.05, 0.1) is 18.1 Å². The molecule has 0 aromatic carbocycles. The smallest absolute Gasteiger partial charge is 0.302 e. The zero-order chi connectivity index (χ0) is 26.2. The summed E-state index contributed by atoms with van der Waals surface area (Å²) in [6, 6.07) is 0. The molecule has 0 bridgehead atoms. The minimum absolute atomic E-state index is 0.0137. The van der Waals surface area contributed by atoms with Crippen molar-refractivity contribution in [2.45, 2.75) is 97.1 Å². The third-order valence-electron chi connectivity index (χ3n) is 11.6. The molecular weight excluding hydrogens is 472 g/mol. The molecule has 6 rings (SSSR count). The first-order valence-electron chi connectivity index (χ1n) is 14.4. The van der Waals surface area contributed by atoms with Crippen molar-refractivity contribution in [1.29, 1.82) is 0 Å². The number of carbonyl (C=O) groups excluding carboxylic acids is 3. The molecule has 4 aliphatic carbocycles. The Morgan fingerprint density at radius 3 is 2.70 bits per heavy atom. The molecule has 37 heavy (non-hydrogen) atoms. The van der Waals surface area contributed by atoms with Crippen LogP contribution in [0, 0.1) is 46.3 Å². The number of fused-ring (bicyclic) bond motifs is 7. The van der Waals surface area contributed by atoms with E-state index in [4.69, 9.17) is 18.9 Å². The van der Waals surface area contributed by atoms with Crippen LogP contribution in [-0.4, -0.2) is 49.4 Å². The normalized spacial score (nSPS) is 50.4. The van der Waals surface area contributed by atoms with E-state index in [1.165, 1.54) is 12.5 Å². The second-order valence-electron chi connectivity index (χ2n) is 13.3. The highest BCUT2D eigenvalue weighted by atomic mass is 16.7. The van der Waals surface area contributed by atoms with Crippen molar-refractivity contribution in [3.63, 3.8) is 0 Å². The van der Waals surface area contributed by atoms with E-state index in [0.717, 1.165) is 44.9 Å². The van der Waals surface area contributed by atoms with Crippen LogP contribution >= 0.6 is 0 Å². The Morgan fingerprint density at radius 2 is 2.00 bits per heavy atom. The minimum Gasteiger partial charge on any atom is -0.466 e. The second kappa shape index (κ2) is 8.90. The fraction of sp³-hybridized carbons (Fsp3) is 0.833. The fourth-order valence-corrected chi connectivity index (χ4v) is 9.73. The number of rotatable bonds is 4. The summed E-state index contributed by atoms with van der Waals surface area (Å²) < 4.78 is 24.2. The summed E-state index contributed by atoms with van der Waals surface area (Å²) in [5.74, 6) is 0.770. The summed E-state index contributed by atoms with van der Waals surface area (Å²) in [4.78, 5) is 37.4. The summed E-state index contributed by atoms with van der Waals surface area (Å²) in [5, 5.41) is 0. The molecule has 1 spiro atoms. The van der Waals surface area contributed by atoms with E-state index in [2.05, 4.69) is 26.8 Å².